The van der Waals surface area contributed by atoms with Crippen molar-refractivity contribution < 1.29 is 29.0 Å². The molecule has 3 N–H and O–H groups in total. The molecule has 38 heavy (non-hydrogen) atoms. The molecule has 3 fully saturated rings. The fraction of sp³-hybridized carbons (Fsp3) is 0.615. The molecule has 0 radical (unpaired) electrons. The van der Waals surface area contributed by atoms with E-state index in [9.17, 15) is 19.5 Å². The van der Waals surface area contributed by atoms with E-state index in [4.69, 9.17) is 15.2 Å². The van der Waals surface area contributed by atoms with E-state index in [1.54, 1.807) is 4.90 Å². The van der Waals surface area contributed by atoms with Crippen molar-refractivity contribution >= 4 is 29.6 Å². The molecule has 3 aliphatic rings. The zero-order valence-corrected chi connectivity index (χ0v) is 22.1. The fourth-order valence-corrected chi connectivity index (χ4v) is 5.15. The van der Waals surface area contributed by atoms with Crippen LogP contribution in [-0.4, -0.2) is 122 Å². The molecule has 4 rings (SSSR count). The van der Waals surface area contributed by atoms with Crippen LogP contribution in [0.3, 0.4) is 0 Å². The highest BCUT2D eigenvalue weighted by Crippen LogP contribution is 2.25. The van der Waals surface area contributed by atoms with Crippen molar-refractivity contribution in [3.05, 3.63) is 29.8 Å². The number of hydrogen-bond donors (Lipinski definition) is 2. The maximum absolute atomic E-state index is 12.6. The molecule has 1 aromatic carbocycles. The number of anilines is 1. The van der Waals surface area contributed by atoms with Gasteiger partial charge in [-0.3, -0.25) is 24.3 Å². The maximum Gasteiger partial charge on any atom is 0.414 e. The molecule has 12 nitrogen and oxygen atoms in total. The summed E-state index contributed by atoms with van der Waals surface area (Å²) in [6, 6.07) is 7.29. The van der Waals surface area contributed by atoms with Gasteiger partial charge >= 0.3 is 18.0 Å². The van der Waals surface area contributed by atoms with E-state index in [1.807, 2.05) is 36.2 Å². The summed E-state index contributed by atoms with van der Waals surface area (Å²) in [6.07, 6.45) is 0.545. The molecule has 3 unspecified atom stereocenters. The molecule has 3 heterocycles. The first-order valence-corrected chi connectivity index (χ1v) is 13.1. The van der Waals surface area contributed by atoms with E-state index in [1.165, 1.54) is 7.11 Å². The molecule has 0 aromatic heterocycles. The molecule has 0 saturated carbocycles. The molecular formula is C26H38N6O6. The summed E-state index contributed by atoms with van der Waals surface area (Å²) < 4.78 is 10.3. The Morgan fingerprint density at radius 3 is 2.47 bits per heavy atom. The average molecular weight is 531 g/mol. The van der Waals surface area contributed by atoms with Crippen LogP contribution in [0.5, 0.6) is 0 Å². The maximum atomic E-state index is 12.6. The molecule has 0 bridgehead atoms. The van der Waals surface area contributed by atoms with E-state index >= 15 is 0 Å². The van der Waals surface area contributed by atoms with Crippen LogP contribution in [0, 0.1) is 5.92 Å². The number of esters is 1. The molecule has 208 valence electrons. The Balaban J connectivity index is 1.28. The molecule has 12 heteroatoms. The number of piperazine rings is 1. The number of carboxylic acid groups (broad SMARTS) is 1. The van der Waals surface area contributed by atoms with E-state index in [0.717, 1.165) is 31.9 Å². The van der Waals surface area contributed by atoms with Gasteiger partial charge in [-0.05, 0) is 44.2 Å². The van der Waals surface area contributed by atoms with Gasteiger partial charge in [-0.25, -0.2) is 9.79 Å². The smallest absolute Gasteiger partial charge is 0.414 e. The van der Waals surface area contributed by atoms with Crippen LogP contribution < -0.4 is 10.6 Å². The first-order chi connectivity index (χ1) is 18.2. The van der Waals surface area contributed by atoms with Crippen molar-refractivity contribution in [1.82, 2.24) is 14.7 Å². The average Bonchev–Trinajstić information content (AvgIpc) is 3.28. The lowest BCUT2D eigenvalue weighted by molar-refractivity contribution is -0.144. The van der Waals surface area contributed by atoms with Crippen molar-refractivity contribution in [1.29, 1.82) is 0 Å². The Hall–Kier alpha value is -3.22. The largest absolute Gasteiger partial charge is 0.481 e. The van der Waals surface area contributed by atoms with E-state index in [-0.39, 0.29) is 24.3 Å². The number of hydrogen-bond acceptors (Lipinski definition) is 9. The van der Waals surface area contributed by atoms with Crippen LogP contribution in [0.4, 0.5) is 10.5 Å². The van der Waals surface area contributed by atoms with E-state index < -0.39 is 11.9 Å². The Bertz CT molecular complexity index is 1030. The van der Waals surface area contributed by atoms with E-state index in [0.29, 0.717) is 56.8 Å². The number of carbonyl (C=O) groups excluding carboxylic acids is 2. The van der Waals surface area contributed by atoms with Gasteiger partial charge in [0.05, 0.1) is 26.0 Å². The summed E-state index contributed by atoms with van der Waals surface area (Å²) in [5, 5.41) is 9.36. The van der Waals surface area contributed by atoms with Gasteiger partial charge in [-0.1, -0.05) is 0 Å². The number of likely N-dealkylation sites (tertiary alicyclic amines) is 1. The van der Waals surface area contributed by atoms with Crippen molar-refractivity contribution in [2.24, 2.45) is 16.6 Å². The topological polar surface area (TPSA) is 141 Å². The number of cyclic esters (lactones) is 1. The first kappa shape index (κ1) is 27.8. The number of carbonyl (C=O) groups is 3. The van der Waals surface area contributed by atoms with Gasteiger partial charge in [0.1, 0.15) is 18.1 Å². The Kier molecular flexibility index (Phi) is 9.18. The summed E-state index contributed by atoms with van der Waals surface area (Å²) in [6.45, 7) is 5.90. The van der Waals surface area contributed by atoms with Gasteiger partial charge in [0, 0.05) is 57.1 Å². The van der Waals surface area contributed by atoms with Crippen molar-refractivity contribution in [2.45, 2.75) is 31.5 Å². The van der Waals surface area contributed by atoms with Crippen LogP contribution in [0.1, 0.15) is 24.8 Å². The number of benzene rings is 1. The quantitative estimate of drug-likeness (QED) is 0.266. The standard InChI is InChI=1S/C26H38N6O6/c1-29-9-7-19(25(34)35)15-22(29)28-24(27)18-3-5-20(6-4-18)32-17-21(38-26(32)36)16-31-13-11-30(12-14-31)10-8-23(33)37-2/h3-6,19,21-22H,7-17H2,1-2H3,(H2,27,28)(H,34,35). The summed E-state index contributed by atoms with van der Waals surface area (Å²) in [7, 11) is 3.32. The molecule has 3 atom stereocenters. The molecule has 0 aliphatic carbocycles. The van der Waals surface area contributed by atoms with E-state index in [2.05, 4.69) is 14.8 Å². The highest BCUT2D eigenvalue weighted by atomic mass is 16.6. The number of piperidine rings is 1. The lowest BCUT2D eigenvalue weighted by Gasteiger charge is -2.35. The summed E-state index contributed by atoms with van der Waals surface area (Å²) in [4.78, 5) is 48.1. The minimum atomic E-state index is -0.796. The molecule has 1 aromatic rings. The minimum absolute atomic E-state index is 0.195. The first-order valence-electron chi connectivity index (χ1n) is 13.1. The molecular weight excluding hydrogens is 492 g/mol. The van der Waals surface area contributed by atoms with Gasteiger partial charge in [0.15, 0.2) is 0 Å². The third-order valence-corrected chi connectivity index (χ3v) is 7.61. The monoisotopic (exact) mass is 530 g/mol. The SMILES string of the molecule is COC(=O)CCN1CCN(CC2CN(c3ccc(C(N)=NC4CC(C(=O)O)CCN4C)cc3)C(=O)O2)CC1. The van der Waals surface area contributed by atoms with Crippen LogP contribution in [0.2, 0.25) is 0 Å². The number of methoxy groups -OCH3 is 1. The number of aliphatic carboxylic acids is 1. The number of ether oxygens (including phenoxy) is 2. The highest BCUT2D eigenvalue weighted by molar-refractivity contribution is 5.98. The molecule has 3 aliphatic heterocycles. The van der Waals surface area contributed by atoms with Crippen LogP contribution in [0.15, 0.2) is 29.3 Å². The van der Waals surface area contributed by atoms with Gasteiger partial charge in [-0.15, -0.1) is 0 Å². The molecule has 0 spiro atoms. The van der Waals surface area contributed by atoms with Gasteiger partial charge in [0.25, 0.3) is 0 Å². The Morgan fingerprint density at radius 1 is 1.13 bits per heavy atom. The molecule has 3 saturated heterocycles. The van der Waals surface area contributed by atoms with Gasteiger partial charge < -0.3 is 25.2 Å². The second-order valence-electron chi connectivity index (χ2n) is 10.2. The number of amidine groups is 1. The second kappa shape index (κ2) is 12.5. The fourth-order valence-electron chi connectivity index (χ4n) is 5.15. The van der Waals surface area contributed by atoms with Crippen molar-refractivity contribution in [2.75, 3.05) is 71.4 Å². The summed E-state index contributed by atoms with van der Waals surface area (Å²) >= 11 is 0. The summed E-state index contributed by atoms with van der Waals surface area (Å²) in [5.41, 5.74) is 7.70. The van der Waals surface area contributed by atoms with Crippen LogP contribution in [0.25, 0.3) is 0 Å². The number of amides is 1. The van der Waals surface area contributed by atoms with Crippen LogP contribution in [-0.2, 0) is 19.1 Å². The lowest BCUT2D eigenvalue weighted by atomic mass is 9.95. The Morgan fingerprint density at radius 2 is 1.82 bits per heavy atom. The number of nitrogens with two attached hydrogens (primary N) is 1. The van der Waals surface area contributed by atoms with Crippen molar-refractivity contribution in [3.8, 4) is 0 Å². The number of carboxylic acids is 1. The minimum Gasteiger partial charge on any atom is -0.481 e. The number of aliphatic imine (C=N–C) groups is 1. The molecule has 1 amide bonds. The predicted octanol–water partition coefficient (Wildman–Crippen LogP) is 0.650. The lowest BCUT2D eigenvalue weighted by Crippen LogP contribution is -2.49. The summed E-state index contributed by atoms with van der Waals surface area (Å²) in [5.74, 6) is -1.07. The highest BCUT2D eigenvalue weighted by Gasteiger charge is 2.34. The zero-order chi connectivity index (χ0) is 27.2. The third-order valence-electron chi connectivity index (χ3n) is 7.61. The zero-order valence-electron chi connectivity index (χ0n) is 22.1. The normalized spacial score (nSPS) is 25.8. The van der Waals surface area contributed by atoms with Crippen LogP contribution >= 0.6 is 0 Å². The number of rotatable bonds is 9. The number of nitrogens with zero attached hydrogens (tertiary/aromatic N) is 5. The Labute approximate surface area is 222 Å². The third kappa shape index (κ3) is 7.00. The predicted molar refractivity (Wildman–Crippen MR) is 141 cm³/mol. The van der Waals surface area contributed by atoms with Gasteiger partial charge in [0.2, 0.25) is 0 Å². The second-order valence-corrected chi connectivity index (χ2v) is 10.2. The van der Waals surface area contributed by atoms with Crippen molar-refractivity contribution in [3.63, 3.8) is 0 Å². The van der Waals surface area contributed by atoms with Gasteiger partial charge in [-0.2, -0.15) is 0 Å².